The first-order valence-electron chi connectivity index (χ1n) is 5.95. The summed E-state index contributed by atoms with van der Waals surface area (Å²) in [7, 11) is 1.64. The van der Waals surface area contributed by atoms with Crippen molar-refractivity contribution in [2.24, 2.45) is 0 Å². The zero-order valence-electron chi connectivity index (χ0n) is 10.9. The second-order valence-electron chi connectivity index (χ2n) is 4.48. The van der Waals surface area contributed by atoms with Gasteiger partial charge in [0.25, 0.3) is 0 Å². The van der Waals surface area contributed by atoms with Crippen LogP contribution in [0.15, 0.2) is 24.3 Å². The number of nitrogen functional groups attached to an aromatic ring is 1. The monoisotopic (exact) mass is 246 g/mol. The van der Waals surface area contributed by atoms with Crippen LogP contribution in [0.25, 0.3) is 10.9 Å². The van der Waals surface area contributed by atoms with Crippen LogP contribution in [0.4, 0.5) is 5.69 Å². The number of methoxy groups -OCH3 is 1. The minimum atomic E-state index is 0.143. The molecule has 0 spiro atoms. The molecule has 1 aromatic heterocycles. The number of benzene rings is 1. The summed E-state index contributed by atoms with van der Waals surface area (Å²) >= 11 is 0. The molecule has 2 rings (SSSR count). The van der Waals surface area contributed by atoms with Crippen LogP contribution in [0.2, 0.25) is 0 Å². The number of pyridine rings is 1. The molecule has 96 valence electrons. The number of aromatic nitrogens is 1. The van der Waals surface area contributed by atoms with Gasteiger partial charge in [0, 0.05) is 18.2 Å². The molecule has 2 N–H and O–H groups in total. The van der Waals surface area contributed by atoms with Crippen molar-refractivity contribution in [2.75, 3.05) is 12.8 Å². The van der Waals surface area contributed by atoms with E-state index < -0.39 is 0 Å². The van der Waals surface area contributed by atoms with E-state index in [4.69, 9.17) is 15.2 Å². The van der Waals surface area contributed by atoms with Gasteiger partial charge in [-0.15, -0.1) is 0 Å². The number of rotatable bonds is 4. The topological polar surface area (TPSA) is 57.4 Å². The second kappa shape index (κ2) is 5.23. The van der Waals surface area contributed by atoms with Crippen molar-refractivity contribution < 1.29 is 9.47 Å². The van der Waals surface area contributed by atoms with Crippen molar-refractivity contribution in [3.05, 3.63) is 30.0 Å². The molecule has 0 amide bonds. The summed E-state index contributed by atoms with van der Waals surface area (Å²) < 4.78 is 10.7. The van der Waals surface area contributed by atoms with Crippen LogP contribution in [0.1, 0.15) is 19.5 Å². The van der Waals surface area contributed by atoms with Crippen LogP contribution in [-0.2, 0) is 11.3 Å². The number of anilines is 1. The van der Waals surface area contributed by atoms with Gasteiger partial charge in [-0.3, -0.25) is 4.98 Å². The van der Waals surface area contributed by atoms with Gasteiger partial charge >= 0.3 is 0 Å². The lowest BCUT2D eigenvalue weighted by Gasteiger charge is -2.11. The Morgan fingerprint density at radius 3 is 2.72 bits per heavy atom. The van der Waals surface area contributed by atoms with Crippen molar-refractivity contribution in [2.45, 2.75) is 26.6 Å². The molecule has 1 aromatic carbocycles. The van der Waals surface area contributed by atoms with Crippen LogP contribution in [0.3, 0.4) is 0 Å². The van der Waals surface area contributed by atoms with Crippen molar-refractivity contribution in [3.8, 4) is 5.75 Å². The van der Waals surface area contributed by atoms with Gasteiger partial charge in [0.2, 0.25) is 0 Å². The fourth-order valence-corrected chi connectivity index (χ4v) is 1.86. The highest BCUT2D eigenvalue weighted by molar-refractivity contribution is 5.91. The van der Waals surface area contributed by atoms with Gasteiger partial charge in [0.1, 0.15) is 5.75 Å². The molecule has 0 aliphatic carbocycles. The third-order valence-electron chi connectivity index (χ3n) is 2.53. The Kier molecular flexibility index (Phi) is 3.67. The van der Waals surface area contributed by atoms with Gasteiger partial charge < -0.3 is 15.2 Å². The maximum atomic E-state index is 6.04. The van der Waals surface area contributed by atoms with Crippen LogP contribution >= 0.6 is 0 Å². The Morgan fingerprint density at radius 2 is 2.06 bits per heavy atom. The quantitative estimate of drug-likeness (QED) is 0.901. The molecule has 0 radical (unpaired) electrons. The fraction of sp³-hybridized carbons (Fsp3) is 0.357. The summed E-state index contributed by atoms with van der Waals surface area (Å²) in [6.45, 7) is 4.45. The molecule has 4 heteroatoms. The third kappa shape index (κ3) is 2.71. The maximum Gasteiger partial charge on any atom is 0.120 e. The molecule has 0 aliphatic rings. The second-order valence-corrected chi connectivity index (χ2v) is 4.48. The van der Waals surface area contributed by atoms with Gasteiger partial charge in [-0.25, -0.2) is 0 Å². The summed E-state index contributed by atoms with van der Waals surface area (Å²) in [5.41, 5.74) is 8.42. The summed E-state index contributed by atoms with van der Waals surface area (Å²) in [5, 5.41) is 0.910. The number of nitrogens with zero attached hydrogens (tertiary/aromatic N) is 1. The minimum Gasteiger partial charge on any atom is -0.491 e. The number of nitrogens with two attached hydrogens (primary N) is 1. The smallest absolute Gasteiger partial charge is 0.120 e. The molecule has 18 heavy (non-hydrogen) atoms. The molecule has 0 saturated heterocycles. The summed E-state index contributed by atoms with van der Waals surface area (Å²) in [6, 6.07) is 7.59. The van der Waals surface area contributed by atoms with Crippen molar-refractivity contribution in [1.82, 2.24) is 4.98 Å². The van der Waals surface area contributed by atoms with Crippen molar-refractivity contribution in [3.63, 3.8) is 0 Å². The van der Waals surface area contributed by atoms with E-state index in [0.29, 0.717) is 12.3 Å². The molecular formula is C14H18N2O2. The number of fused-ring (bicyclic) bond motifs is 1. The lowest BCUT2D eigenvalue weighted by molar-refractivity contribution is 0.182. The Balaban J connectivity index is 2.44. The Hall–Kier alpha value is -1.81. The Labute approximate surface area is 107 Å². The first-order valence-corrected chi connectivity index (χ1v) is 5.95. The fourth-order valence-electron chi connectivity index (χ4n) is 1.86. The van der Waals surface area contributed by atoms with E-state index in [1.165, 1.54) is 0 Å². The number of hydrogen-bond acceptors (Lipinski definition) is 4. The molecule has 0 fully saturated rings. The predicted molar refractivity (Wildman–Crippen MR) is 72.6 cm³/mol. The largest absolute Gasteiger partial charge is 0.491 e. The molecule has 4 nitrogen and oxygen atoms in total. The van der Waals surface area contributed by atoms with Crippen molar-refractivity contribution >= 4 is 16.6 Å². The average Bonchev–Trinajstić information content (AvgIpc) is 2.30. The van der Waals surface area contributed by atoms with Crippen LogP contribution < -0.4 is 10.5 Å². The third-order valence-corrected chi connectivity index (χ3v) is 2.53. The van der Waals surface area contributed by atoms with E-state index in [9.17, 15) is 0 Å². The van der Waals surface area contributed by atoms with Crippen LogP contribution in [0, 0.1) is 0 Å². The van der Waals surface area contributed by atoms with Gasteiger partial charge in [-0.05, 0) is 38.1 Å². The minimum absolute atomic E-state index is 0.143. The van der Waals surface area contributed by atoms with Gasteiger partial charge in [0.15, 0.2) is 0 Å². The highest BCUT2D eigenvalue weighted by atomic mass is 16.5. The Morgan fingerprint density at radius 1 is 1.28 bits per heavy atom. The standard InChI is InChI=1S/C14H18N2O2/c1-9(2)18-11-4-5-14-12(7-11)13(15)6-10(16-14)8-17-3/h4-7,9H,8H2,1-3H3,(H2,15,16). The predicted octanol–water partition coefficient (Wildman–Crippen LogP) is 2.75. The molecule has 0 unspecified atom stereocenters. The highest BCUT2D eigenvalue weighted by Crippen LogP contribution is 2.26. The van der Waals surface area contributed by atoms with Gasteiger partial charge in [0.05, 0.1) is 23.9 Å². The van der Waals surface area contributed by atoms with Gasteiger partial charge in [-0.2, -0.15) is 0 Å². The molecule has 1 heterocycles. The molecule has 0 bridgehead atoms. The van der Waals surface area contributed by atoms with Crippen LogP contribution in [0.5, 0.6) is 5.75 Å². The maximum absolute atomic E-state index is 6.04. The molecular weight excluding hydrogens is 228 g/mol. The summed E-state index contributed by atoms with van der Waals surface area (Å²) in [5.74, 6) is 0.811. The first kappa shape index (κ1) is 12.6. The molecule has 0 saturated carbocycles. The van der Waals surface area contributed by atoms with E-state index >= 15 is 0 Å². The zero-order chi connectivity index (χ0) is 13.1. The summed E-state index contributed by atoms with van der Waals surface area (Å²) in [6.07, 6.45) is 0.143. The lowest BCUT2D eigenvalue weighted by atomic mass is 10.1. The zero-order valence-corrected chi connectivity index (χ0v) is 10.9. The SMILES string of the molecule is COCc1cc(N)c2cc(OC(C)C)ccc2n1. The normalized spacial score (nSPS) is 11.1. The first-order chi connectivity index (χ1) is 8.60. The highest BCUT2D eigenvalue weighted by Gasteiger charge is 2.06. The van der Waals surface area contributed by atoms with Crippen molar-refractivity contribution in [1.29, 1.82) is 0 Å². The number of hydrogen-bond donors (Lipinski definition) is 1. The van der Waals surface area contributed by atoms with Crippen LogP contribution in [-0.4, -0.2) is 18.2 Å². The van der Waals surface area contributed by atoms with E-state index in [1.54, 1.807) is 7.11 Å². The van der Waals surface area contributed by atoms with E-state index in [-0.39, 0.29) is 6.10 Å². The lowest BCUT2D eigenvalue weighted by Crippen LogP contribution is -2.05. The van der Waals surface area contributed by atoms with Gasteiger partial charge in [-0.1, -0.05) is 0 Å². The van der Waals surface area contributed by atoms with E-state index in [0.717, 1.165) is 22.3 Å². The average molecular weight is 246 g/mol. The molecule has 2 aromatic rings. The molecule has 0 atom stereocenters. The van der Waals surface area contributed by atoms with E-state index in [1.807, 2.05) is 38.1 Å². The Bertz CT molecular complexity index is 553. The summed E-state index contributed by atoms with van der Waals surface area (Å²) in [4.78, 5) is 4.49. The van der Waals surface area contributed by atoms with E-state index in [2.05, 4.69) is 4.98 Å². The number of ether oxygens (including phenoxy) is 2. The molecule has 0 aliphatic heterocycles.